The van der Waals surface area contributed by atoms with Gasteiger partial charge in [0.05, 0.1) is 24.4 Å². The second-order valence-corrected chi connectivity index (χ2v) is 6.55. The SMILES string of the molecule is CC(C)(C)OC[C@@H]1C[C@@H](O)[C@H]2OC(C)(C)O[C@@H]12. The summed E-state index contributed by atoms with van der Waals surface area (Å²) in [5.74, 6) is -0.368. The Morgan fingerprint density at radius 1 is 1.24 bits per heavy atom. The molecule has 4 nitrogen and oxygen atoms in total. The number of rotatable bonds is 2. The largest absolute Gasteiger partial charge is 0.390 e. The van der Waals surface area contributed by atoms with E-state index in [2.05, 4.69) is 0 Å². The number of aliphatic hydroxyl groups is 1. The van der Waals surface area contributed by atoms with Gasteiger partial charge in [-0.25, -0.2) is 0 Å². The zero-order chi connectivity index (χ0) is 12.8. The molecule has 0 aromatic heterocycles. The highest BCUT2D eigenvalue weighted by atomic mass is 16.8. The molecule has 1 N–H and O–H groups in total. The summed E-state index contributed by atoms with van der Waals surface area (Å²) in [4.78, 5) is 0. The van der Waals surface area contributed by atoms with Crippen LogP contribution in [-0.2, 0) is 14.2 Å². The fraction of sp³-hybridized carbons (Fsp3) is 1.00. The lowest BCUT2D eigenvalue weighted by atomic mass is 10.1. The van der Waals surface area contributed by atoms with Crippen LogP contribution in [0, 0.1) is 5.92 Å². The minimum atomic E-state index is -0.587. The number of hydrogen-bond acceptors (Lipinski definition) is 4. The van der Waals surface area contributed by atoms with Crippen molar-refractivity contribution in [3.8, 4) is 0 Å². The van der Waals surface area contributed by atoms with Gasteiger partial charge in [0, 0.05) is 5.92 Å². The van der Waals surface area contributed by atoms with Crippen molar-refractivity contribution in [2.24, 2.45) is 5.92 Å². The lowest BCUT2D eigenvalue weighted by Crippen LogP contribution is -2.31. The van der Waals surface area contributed by atoms with E-state index in [9.17, 15) is 5.11 Å². The van der Waals surface area contributed by atoms with Crippen molar-refractivity contribution < 1.29 is 19.3 Å². The number of aliphatic hydroxyl groups excluding tert-OH is 1. The first-order valence-corrected chi connectivity index (χ1v) is 6.36. The van der Waals surface area contributed by atoms with E-state index in [1.807, 2.05) is 34.6 Å². The monoisotopic (exact) mass is 244 g/mol. The van der Waals surface area contributed by atoms with Crippen molar-refractivity contribution in [2.45, 2.75) is 70.7 Å². The number of hydrogen-bond donors (Lipinski definition) is 1. The molecule has 1 saturated carbocycles. The molecule has 0 unspecified atom stereocenters. The van der Waals surface area contributed by atoms with Crippen LogP contribution in [0.25, 0.3) is 0 Å². The second kappa shape index (κ2) is 4.19. The van der Waals surface area contributed by atoms with Gasteiger partial charge < -0.3 is 19.3 Å². The maximum absolute atomic E-state index is 9.97. The van der Waals surface area contributed by atoms with Gasteiger partial charge in [0.1, 0.15) is 6.10 Å². The van der Waals surface area contributed by atoms with Gasteiger partial charge in [-0.1, -0.05) is 0 Å². The standard InChI is InChI=1S/C13H24O4/c1-12(2,3)15-7-8-6-9(14)11-10(8)16-13(4,5)17-11/h8-11,14H,6-7H2,1-5H3/t8-,9+,10-,11+/m0/s1. The Morgan fingerprint density at radius 3 is 2.41 bits per heavy atom. The quantitative estimate of drug-likeness (QED) is 0.803. The zero-order valence-electron chi connectivity index (χ0n) is 11.4. The van der Waals surface area contributed by atoms with Gasteiger partial charge >= 0.3 is 0 Å². The van der Waals surface area contributed by atoms with E-state index in [1.165, 1.54) is 0 Å². The van der Waals surface area contributed by atoms with E-state index >= 15 is 0 Å². The first-order valence-electron chi connectivity index (χ1n) is 6.36. The Kier molecular flexibility index (Phi) is 3.28. The molecule has 0 aromatic carbocycles. The first kappa shape index (κ1) is 13.3. The molecule has 0 spiro atoms. The van der Waals surface area contributed by atoms with Crippen LogP contribution in [0.2, 0.25) is 0 Å². The predicted octanol–water partition coefficient (Wildman–Crippen LogP) is 1.70. The molecular formula is C13H24O4. The van der Waals surface area contributed by atoms with Crippen LogP contribution in [0.5, 0.6) is 0 Å². The van der Waals surface area contributed by atoms with Gasteiger partial charge in [-0.3, -0.25) is 0 Å². The van der Waals surface area contributed by atoms with Crippen LogP contribution in [0.15, 0.2) is 0 Å². The molecule has 1 aliphatic heterocycles. The molecule has 0 amide bonds. The van der Waals surface area contributed by atoms with Crippen molar-refractivity contribution in [3.63, 3.8) is 0 Å². The molecule has 0 aromatic rings. The van der Waals surface area contributed by atoms with Crippen LogP contribution in [-0.4, -0.2) is 41.4 Å². The Bertz CT molecular complexity index is 282. The molecule has 0 bridgehead atoms. The van der Waals surface area contributed by atoms with Crippen molar-refractivity contribution in [2.75, 3.05) is 6.61 Å². The zero-order valence-corrected chi connectivity index (χ0v) is 11.4. The van der Waals surface area contributed by atoms with E-state index < -0.39 is 11.9 Å². The summed E-state index contributed by atoms with van der Waals surface area (Å²) in [6, 6.07) is 0. The smallest absolute Gasteiger partial charge is 0.163 e. The molecule has 4 heteroatoms. The van der Waals surface area contributed by atoms with Crippen LogP contribution in [0.1, 0.15) is 41.0 Å². The van der Waals surface area contributed by atoms with E-state index in [4.69, 9.17) is 14.2 Å². The molecule has 1 saturated heterocycles. The molecule has 1 aliphatic carbocycles. The molecule has 0 radical (unpaired) electrons. The van der Waals surface area contributed by atoms with Crippen LogP contribution < -0.4 is 0 Å². The Labute approximate surface area is 103 Å². The molecule has 4 atom stereocenters. The summed E-state index contributed by atoms with van der Waals surface area (Å²) in [5, 5.41) is 9.97. The van der Waals surface area contributed by atoms with Crippen molar-refractivity contribution in [1.82, 2.24) is 0 Å². The molecule has 17 heavy (non-hydrogen) atoms. The number of ether oxygens (including phenoxy) is 3. The maximum atomic E-state index is 9.97. The average molecular weight is 244 g/mol. The van der Waals surface area contributed by atoms with E-state index in [0.29, 0.717) is 13.0 Å². The molecule has 100 valence electrons. The third-order valence-electron chi connectivity index (χ3n) is 3.28. The highest BCUT2D eigenvalue weighted by molar-refractivity contribution is 4.98. The Balaban J connectivity index is 1.97. The van der Waals surface area contributed by atoms with E-state index in [0.717, 1.165) is 0 Å². The van der Waals surface area contributed by atoms with Crippen LogP contribution in [0.4, 0.5) is 0 Å². The van der Waals surface area contributed by atoms with E-state index in [-0.39, 0.29) is 23.7 Å². The summed E-state index contributed by atoms with van der Waals surface area (Å²) in [6.45, 7) is 10.5. The average Bonchev–Trinajstić information content (AvgIpc) is 2.58. The summed E-state index contributed by atoms with van der Waals surface area (Å²) in [6.07, 6.45) is 0.0258. The third-order valence-corrected chi connectivity index (χ3v) is 3.28. The van der Waals surface area contributed by atoms with Crippen molar-refractivity contribution >= 4 is 0 Å². The Hall–Kier alpha value is -0.160. The summed E-state index contributed by atoms with van der Waals surface area (Å²) < 4.78 is 17.4. The van der Waals surface area contributed by atoms with Crippen molar-refractivity contribution in [1.29, 1.82) is 0 Å². The first-order chi connectivity index (χ1) is 7.68. The Morgan fingerprint density at radius 2 is 1.82 bits per heavy atom. The fourth-order valence-corrected chi connectivity index (χ4v) is 2.58. The molecule has 2 aliphatic rings. The highest BCUT2D eigenvalue weighted by Gasteiger charge is 2.53. The minimum absolute atomic E-state index is 0.0395. The van der Waals surface area contributed by atoms with E-state index in [1.54, 1.807) is 0 Å². The van der Waals surface area contributed by atoms with Gasteiger partial charge in [0.2, 0.25) is 0 Å². The summed E-state index contributed by atoms with van der Waals surface area (Å²) >= 11 is 0. The van der Waals surface area contributed by atoms with Gasteiger partial charge in [-0.2, -0.15) is 0 Å². The highest BCUT2D eigenvalue weighted by Crippen LogP contribution is 2.41. The molecule has 1 heterocycles. The summed E-state index contributed by atoms with van der Waals surface area (Å²) in [5.41, 5.74) is -0.155. The van der Waals surface area contributed by atoms with Crippen LogP contribution >= 0.6 is 0 Å². The van der Waals surface area contributed by atoms with Gasteiger partial charge in [-0.05, 0) is 41.0 Å². The van der Waals surface area contributed by atoms with Crippen LogP contribution in [0.3, 0.4) is 0 Å². The van der Waals surface area contributed by atoms with Crippen molar-refractivity contribution in [3.05, 3.63) is 0 Å². The van der Waals surface area contributed by atoms with Gasteiger partial charge in [-0.15, -0.1) is 0 Å². The summed E-state index contributed by atoms with van der Waals surface area (Å²) in [7, 11) is 0. The second-order valence-electron chi connectivity index (χ2n) is 6.55. The number of fused-ring (bicyclic) bond motifs is 1. The molecular weight excluding hydrogens is 220 g/mol. The van der Waals surface area contributed by atoms with Gasteiger partial charge in [0.15, 0.2) is 5.79 Å². The lowest BCUT2D eigenvalue weighted by molar-refractivity contribution is -0.170. The molecule has 2 rings (SSSR count). The normalized spacial score (nSPS) is 40.6. The third kappa shape index (κ3) is 2.99. The fourth-order valence-electron chi connectivity index (χ4n) is 2.58. The van der Waals surface area contributed by atoms with Gasteiger partial charge in [0.25, 0.3) is 0 Å². The molecule has 2 fully saturated rings. The maximum Gasteiger partial charge on any atom is 0.163 e. The predicted molar refractivity (Wildman–Crippen MR) is 63.6 cm³/mol. The lowest BCUT2D eigenvalue weighted by Gasteiger charge is -2.26. The minimum Gasteiger partial charge on any atom is -0.390 e. The topological polar surface area (TPSA) is 47.9 Å².